The van der Waals surface area contributed by atoms with E-state index in [9.17, 15) is 0 Å². The van der Waals surface area contributed by atoms with Crippen LogP contribution in [0.3, 0.4) is 0 Å². The Morgan fingerprint density at radius 3 is 1.48 bits per heavy atom. The Bertz CT molecular complexity index is 759. The quantitative estimate of drug-likeness (QED) is 0.516. The maximum absolute atomic E-state index is 2.54. The van der Waals surface area contributed by atoms with Crippen LogP contribution in [0.2, 0.25) is 0 Å². The fourth-order valence-corrected chi connectivity index (χ4v) is 4.12. The summed E-state index contributed by atoms with van der Waals surface area (Å²) in [6, 6.07) is 16.1. The van der Waals surface area contributed by atoms with E-state index in [2.05, 4.69) is 112 Å². The second kappa shape index (κ2) is 7.46. The zero-order valence-electron chi connectivity index (χ0n) is 19.3. The molecule has 0 aromatic heterocycles. The Morgan fingerprint density at radius 2 is 1.07 bits per heavy atom. The predicted molar refractivity (Wildman–Crippen MR) is 121 cm³/mol. The molecule has 0 radical (unpaired) electrons. The van der Waals surface area contributed by atoms with Gasteiger partial charge in [-0.1, -0.05) is 112 Å². The van der Waals surface area contributed by atoms with Crippen molar-refractivity contribution in [3.63, 3.8) is 0 Å². The van der Waals surface area contributed by atoms with E-state index in [1.165, 1.54) is 27.8 Å². The highest BCUT2D eigenvalue weighted by Crippen LogP contribution is 2.43. The summed E-state index contributed by atoms with van der Waals surface area (Å²) in [6.07, 6.45) is 1.12. The van der Waals surface area contributed by atoms with Crippen molar-refractivity contribution >= 4 is 0 Å². The van der Waals surface area contributed by atoms with Crippen LogP contribution in [0.25, 0.3) is 0 Å². The lowest BCUT2D eigenvalue weighted by Crippen LogP contribution is -2.26. The van der Waals surface area contributed by atoms with Gasteiger partial charge in [-0.2, -0.15) is 0 Å². The molecule has 0 saturated heterocycles. The standard InChI is InChI=1S/C27H40/c1-11-20(19-15-13-12-14-16-19)21-17-23(26(5,6)7)24(27(8,9)10)18-22(21)25(2,3)4/h12-18,20H,11H2,1-10H3. The molecule has 2 aromatic carbocycles. The summed E-state index contributed by atoms with van der Waals surface area (Å²) in [5, 5.41) is 0. The first kappa shape index (κ1) is 21.7. The van der Waals surface area contributed by atoms with Crippen LogP contribution in [0.5, 0.6) is 0 Å². The number of hydrogen-bond donors (Lipinski definition) is 0. The fourth-order valence-electron chi connectivity index (χ4n) is 4.12. The van der Waals surface area contributed by atoms with E-state index < -0.39 is 0 Å². The molecular weight excluding hydrogens is 324 g/mol. The highest BCUT2D eigenvalue weighted by Gasteiger charge is 2.31. The smallest absolute Gasteiger partial charge is 0.00897 e. The molecule has 0 saturated carbocycles. The lowest BCUT2D eigenvalue weighted by Gasteiger charge is -2.36. The van der Waals surface area contributed by atoms with Gasteiger partial charge in [-0.15, -0.1) is 0 Å². The van der Waals surface area contributed by atoms with Crippen LogP contribution in [0.4, 0.5) is 0 Å². The molecule has 0 nitrogen and oxygen atoms in total. The monoisotopic (exact) mass is 364 g/mol. The van der Waals surface area contributed by atoms with Crippen molar-refractivity contribution in [1.29, 1.82) is 0 Å². The van der Waals surface area contributed by atoms with E-state index in [4.69, 9.17) is 0 Å². The van der Waals surface area contributed by atoms with Gasteiger partial charge >= 0.3 is 0 Å². The lowest BCUT2D eigenvalue weighted by molar-refractivity contribution is 0.517. The molecule has 1 atom stereocenters. The SMILES string of the molecule is CCC(c1ccccc1)c1cc(C(C)(C)C)c(C(C)(C)C)cc1C(C)(C)C. The molecule has 2 aromatic rings. The maximum atomic E-state index is 2.54. The van der Waals surface area contributed by atoms with Crippen LogP contribution in [-0.4, -0.2) is 0 Å². The number of benzene rings is 2. The molecule has 0 aliphatic rings. The van der Waals surface area contributed by atoms with Crippen molar-refractivity contribution in [3.05, 3.63) is 70.3 Å². The Labute approximate surface area is 168 Å². The van der Waals surface area contributed by atoms with Gasteiger partial charge in [0.05, 0.1) is 0 Å². The molecular formula is C27H40. The molecule has 27 heavy (non-hydrogen) atoms. The number of hydrogen-bond acceptors (Lipinski definition) is 0. The van der Waals surface area contributed by atoms with Crippen molar-refractivity contribution in [2.24, 2.45) is 0 Å². The Kier molecular flexibility index (Phi) is 6.00. The molecule has 0 amide bonds. The van der Waals surface area contributed by atoms with E-state index in [1.807, 2.05) is 0 Å². The summed E-state index contributed by atoms with van der Waals surface area (Å²) < 4.78 is 0. The third-order valence-corrected chi connectivity index (χ3v) is 5.60. The van der Waals surface area contributed by atoms with Gasteiger partial charge in [-0.3, -0.25) is 0 Å². The summed E-state index contributed by atoms with van der Waals surface area (Å²) in [4.78, 5) is 0. The van der Waals surface area contributed by atoms with Crippen LogP contribution >= 0.6 is 0 Å². The fraction of sp³-hybridized carbons (Fsp3) is 0.556. The molecule has 0 heterocycles. The Morgan fingerprint density at radius 1 is 0.630 bits per heavy atom. The van der Waals surface area contributed by atoms with Gasteiger partial charge in [-0.25, -0.2) is 0 Å². The van der Waals surface area contributed by atoms with Gasteiger partial charge in [0.15, 0.2) is 0 Å². The van der Waals surface area contributed by atoms with Crippen LogP contribution in [0, 0.1) is 0 Å². The third-order valence-electron chi connectivity index (χ3n) is 5.60. The topological polar surface area (TPSA) is 0 Å². The summed E-state index contributed by atoms with van der Waals surface area (Å²) in [6.45, 7) is 23.5. The minimum absolute atomic E-state index is 0.119. The molecule has 2 rings (SSSR count). The molecule has 0 fully saturated rings. The van der Waals surface area contributed by atoms with Gasteiger partial charge in [-0.05, 0) is 50.5 Å². The second-order valence-corrected chi connectivity index (χ2v) is 11.1. The van der Waals surface area contributed by atoms with E-state index in [0.29, 0.717) is 5.92 Å². The largest absolute Gasteiger partial charge is 0.0645 e. The van der Waals surface area contributed by atoms with Crippen LogP contribution in [0.15, 0.2) is 42.5 Å². The van der Waals surface area contributed by atoms with Crippen molar-refractivity contribution in [1.82, 2.24) is 0 Å². The van der Waals surface area contributed by atoms with Crippen LogP contribution < -0.4 is 0 Å². The molecule has 148 valence electrons. The van der Waals surface area contributed by atoms with E-state index in [1.54, 1.807) is 0 Å². The van der Waals surface area contributed by atoms with Gasteiger partial charge in [0.2, 0.25) is 0 Å². The summed E-state index contributed by atoms with van der Waals surface area (Å²) in [5.74, 6) is 0.440. The third kappa shape index (κ3) is 4.84. The van der Waals surface area contributed by atoms with Crippen LogP contribution in [0.1, 0.15) is 109 Å². The van der Waals surface area contributed by atoms with E-state index in [-0.39, 0.29) is 16.2 Å². The van der Waals surface area contributed by atoms with Gasteiger partial charge in [0.1, 0.15) is 0 Å². The van der Waals surface area contributed by atoms with E-state index >= 15 is 0 Å². The average Bonchev–Trinajstić information content (AvgIpc) is 2.53. The maximum Gasteiger partial charge on any atom is 0.00897 e. The Hall–Kier alpha value is -1.56. The molecule has 1 unspecified atom stereocenters. The first-order valence-electron chi connectivity index (χ1n) is 10.5. The van der Waals surface area contributed by atoms with E-state index in [0.717, 1.165) is 6.42 Å². The first-order chi connectivity index (χ1) is 12.3. The van der Waals surface area contributed by atoms with Crippen molar-refractivity contribution in [3.8, 4) is 0 Å². The first-order valence-corrected chi connectivity index (χ1v) is 10.5. The van der Waals surface area contributed by atoms with Gasteiger partial charge in [0.25, 0.3) is 0 Å². The van der Waals surface area contributed by atoms with Crippen molar-refractivity contribution in [2.45, 2.75) is 97.8 Å². The molecule has 0 spiro atoms. The van der Waals surface area contributed by atoms with Crippen LogP contribution in [-0.2, 0) is 16.2 Å². The summed E-state index contributed by atoms with van der Waals surface area (Å²) in [7, 11) is 0. The predicted octanol–water partition coefficient (Wildman–Crippen LogP) is 8.12. The minimum atomic E-state index is 0.119. The van der Waals surface area contributed by atoms with Gasteiger partial charge in [0, 0.05) is 5.92 Å². The van der Waals surface area contributed by atoms with Gasteiger partial charge < -0.3 is 0 Å². The summed E-state index contributed by atoms with van der Waals surface area (Å²) >= 11 is 0. The second-order valence-electron chi connectivity index (χ2n) is 11.1. The Balaban J connectivity index is 2.86. The van der Waals surface area contributed by atoms with Crippen molar-refractivity contribution < 1.29 is 0 Å². The normalized spacial score (nSPS) is 14.3. The average molecular weight is 365 g/mol. The molecule has 0 bridgehead atoms. The molecule has 0 aliphatic heterocycles. The highest BCUT2D eigenvalue weighted by molar-refractivity contribution is 5.50. The molecule has 0 heteroatoms. The zero-order chi connectivity index (χ0) is 20.6. The molecule has 0 N–H and O–H groups in total. The molecule has 0 aliphatic carbocycles. The zero-order valence-corrected chi connectivity index (χ0v) is 19.3. The minimum Gasteiger partial charge on any atom is -0.0645 e. The van der Waals surface area contributed by atoms with Crippen molar-refractivity contribution in [2.75, 3.05) is 0 Å². The lowest BCUT2D eigenvalue weighted by atomic mass is 9.69. The highest BCUT2D eigenvalue weighted by atomic mass is 14.4. The summed E-state index contributed by atoms with van der Waals surface area (Å²) in [5.41, 5.74) is 7.80. The number of rotatable bonds is 3.